The first-order valence-corrected chi connectivity index (χ1v) is 7.45. The quantitative estimate of drug-likeness (QED) is 0.838. The number of carbonyl (C=O) groups is 1. The fourth-order valence-electron chi connectivity index (χ4n) is 3.06. The third kappa shape index (κ3) is 2.59. The van der Waals surface area contributed by atoms with Crippen molar-refractivity contribution in [2.45, 2.75) is 52.5 Å². The average Bonchev–Trinajstić information content (AvgIpc) is 2.96. The molecule has 1 atom stereocenters. The van der Waals surface area contributed by atoms with E-state index in [2.05, 4.69) is 5.32 Å². The molecule has 0 spiro atoms. The summed E-state index contributed by atoms with van der Waals surface area (Å²) in [6.07, 6.45) is 3.51. The van der Waals surface area contributed by atoms with Crippen molar-refractivity contribution in [1.82, 2.24) is 5.32 Å². The molecule has 5 heteroatoms. The SMILES string of the molecule is Cc1cc(C(C)NC(=O)C2(C(N)=S)CCCC2)c(C)o1. The number of hydrogen-bond donors (Lipinski definition) is 2. The largest absolute Gasteiger partial charge is 0.466 e. The number of thiocarbonyl (C=S) groups is 1. The van der Waals surface area contributed by atoms with Crippen LogP contribution in [0.5, 0.6) is 0 Å². The lowest BCUT2D eigenvalue weighted by molar-refractivity contribution is -0.128. The molecule has 1 aromatic rings. The fraction of sp³-hybridized carbons (Fsp3) is 0.600. The van der Waals surface area contributed by atoms with Crippen LogP contribution in [0.15, 0.2) is 10.5 Å². The first-order chi connectivity index (χ1) is 9.36. The van der Waals surface area contributed by atoms with Gasteiger partial charge in [0, 0.05) is 5.56 Å². The van der Waals surface area contributed by atoms with Crippen molar-refractivity contribution in [3.63, 3.8) is 0 Å². The van der Waals surface area contributed by atoms with Gasteiger partial charge in [0.05, 0.1) is 16.4 Å². The first-order valence-electron chi connectivity index (χ1n) is 7.04. The van der Waals surface area contributed by atoms with Crippen LogP contribution in [0.4, 0.5) is 0 Å². The molecule has 110 valence electrons. The van der Waals surface area contributed by atoms with E-state index >= 15 is 0 Å². The van der Waals surface area contributed by atoms with Gasteiger partial charge >= 0.3 is 0 Å². The highest BCUT2D eigenvalue weighted by atomic mass is 32.1. The standard InChI is InChI=1S/C15H22N2O2S/c1-9-8-12(11(3)19-9)10(2)17-14(18)15(13(16)20)6-4-5-7-15/h8,10H,4-7H2,1-3H3,(H2,16,20)(H,17,18). The van der Waals surface area contributed by atoms with Gasteiger partial charge in [0.15, 0.2) is 0 Å². The highest BCUT2D eigenvalue weighted by Crippen LogP contribution is 2.39. The summed E-state index contributed by atoms with van der Waals surface area (Å²) in [5.41, 5.74) is 6.18. The van der Waals surface area contributed by atoms with E-state index in [9.17, 15) is 4.79 Å². The van der Waals surface area contributed by atoms with Crippen molar-refractivity contribution in [1.29, 1.82) is 0 Å². The van der Waals surface area contributed by atoms with Crippen molar-refractivity contribution in [2.75, 3.05) is 0 Å². The number of carbonyl (C=O) groups excluding carboxylic acids is 1. The van der Waals surface area contributed by atoms with Crippen LogP contribution in [-0.2, 0) is 4.79 Å². The van der Waals surface area contributed by atoms with Crippen molar-refractivity contribution in [3.8, 4) is 0 Å². The first kappa shape index (κ1) is 15.0. The Morgan fingerprint density at radius 3 is 2.50 bits per heavy atom. The van der Waals surface area contributed by atoms with Crippen LogP contribution in [-0.4, -0.2) is 10.9 Å². The van der Waals surface area contributed by atoms with Crippen molar-refractivity contribution >= 4 is 23.1 Å². The average molecular weight is 294 g/mol. The number of nitrogens with one attached hydrogen (secondary N) is 1. The smallest absolute Gasteiger partial charge is 0.233 e. The Morgan fingerprint density at radius 2 is 2.05 bits per heavy atom. The lowest BCUT2D eigenvalue weighted by atomic mass is 9.84. The lowest BCUT2D eigenvalue weighted by Crippen LogP contribution is -2.47. The van der Waals surface area contributed by atoms with Gasteiger partial charge in [-0.15, -0.1) is 0 Å². The summed E-state index contributed by atoms with van der Waals surface area (Å²) in [5, 5.41) is 3.05. The molecular formula is C15H22N2O2S. The lowest BCUT2D eigenvalue weighted by Gasteiger charge is -2.28. The van der Waals surface area contributed by atoms with Gasteiger partial charge in [-0.1, -0.05) is 25.1 Å². The van der Waals surface area contributed by atoms with E-state index in [4.69, 9.17) is 22.4 Å². The minimum absolute atomic E-state index is 0.0479. The van der Waals surface area contributed by atoms with Crippen LogP contribution >= 0.6 is 12.2 Å². The summed E-state index contributed by atoms with van der Waals surface area (Å²) >= 11 is 5.14. The molecule has 3 N–H and O–H groups in total. The van der Waals surface area contributed by atoms with Crippen LogP contribution in [0.1, 0.15) is 55.7 Å². The molecule has 0 aliphatic heterocycles. The molecular weight excluding hydrogens is 272 g/mol. The highest BCUT2D eigenvalue weighted by Gasteiger charge is 2.44. The van der Waals surface area contributed by atoms with Gasteiger partial charge in [-0.05, 0) is 39.7 Å². The number of hydrogen-bond acceptors (Lipinski definition) is 3. The maximum absolute atomic E-state index is 12.6. The van der Waals surface area contributed by atoms with Crippen molar-refractivity contribution in [3.05, 3.63) is 23.2 Å². The van der Waals surface area contributed by atoms with Gasteiger partial charge in [0.2, 0.25) is 5.91 Å². The predicted molar refractivity (Wildman–Crippen MR) is 82.4 cm³/mol. The molecule has 1 aliphatic rings. The Hall–Kier alpha value is -1.36. The van der Waals surface area contributed by atoms with Gasteiger partial charge < -0.3 is 15.5 Å². The summed E-state index contributed by atoms with van der Waals surface area (Å²) in [6.45, 7) is 5.76. The Labute approximate surface area is 125 Å². The molecule has 1 amide bonds. The number of rotatable bonds is 4. The summed E-state index contributed by atoms with van der Waals surface area (Å²) in [4.78, 5) is 12.9. The molecule has 4 nitrogen and oxygen atoms in total. The second-order valence-electron chi connectivity index (χ2n) is 5.72. The summed E-state index contributed by atoms with van der Waals surface area (Å²) < 4.78 is 5.51. The van der Waals surface area contributed by atoms with Crippen LogP contribution in [0.2, 0.25) is 0 Å². The fourth-order valence-corrected chi connectivity index (χ4v) is 3.35. The Kier molecular flexibility index (Phi) is 4.18. The Bertz CT molecular complexity index is 530. The Morgan fingerprint density at radius 1 is 1.45 bits per heavy atom. The number of amides is 1. The van der Waals surface area contributed by atoms with E-state index in [1.54, 1.807) is 0 Å². The van der Waals surface area contributed by atoms with E-state index in [0.717, 1.165) is 42.8 Å². The number of furan rings is 1. The number of nitrogens with two attached hydrogens (primary N) is 1. The zero-order valence-electron chi connectivity index (χ0n) is 12.3. The Balaban J connectivity index is 2.14. The molecule has 0 saturated heterocycles. The highest BCUT2D eigenvalue weighted by molar-refractivity contribution is 7.80. The van der Waals surface area contributed by atoms with Crippen molar-refractivity contribution in [2.24, 2.45) is 11.1 Å². The van der Waals surface area contributed by atoms with Crippen LogP contribution < -0.4 is 11.1 Å². The zero-order valence-corrected chi connectivity index (χ0v) is 13.1. The van der Waals surface area contributed by atoms with E-state index in [-0.39, 0.29) is 11.9 Å². The minimum atomic E-state index is -0.656. The molecule has 1 fully saturated rings. The van der Waals surface area contributed by atoms with E-state index in [1.807, 2.05) is 26.8 Å². The van der Waals surface area contributed by atoms with Gasteiger partial charge in [-0.2, -0.15) is 0 Å². The molecule has 1 unspecified atom stereocenters. The molecule has 1 aliphatic carbocycles. The molecule has 20 heavy (non-hydrogen) atoms. The second kappa shape index (κ2) is 5.56. The van der Waals surface area contributed by atoms with Crippen LogP contribution in [0.3, 0.4) is 0 Å². The molecule has 0 bridgehead atoms. The van der Waals surface area contributed by atoms with E-state index < -0.39 is 5.41 Å². The topological polar surface area (TPSA) is 68.3 Å². The monoisotopic (exact) mass is 294 g/mol. The van der Waals surface area contributed by atoms with E-state index in [0.29, 0.717) is 4.99 Å². The molecule has 0 radical (unpaired) electrons. The van der Waals surface area contributed by atoms with E-state index in [1.165, 1.54) is 0 Å². The molecule has 1 aromatic heterocycles. The third-order valence-electron chi connectivity index (χ3n) is 4.26. The molecule has 2 rings (SSSR count). The number of aryl methyl sites for hydroxylation is 2. The van der Waals surface area contributed by atoms with Gasteiger partial charge in [-0.3, -0.25) is 4.79 Å². The molecule has 1 heterocycles. The third-order valence-corrected chi connectivity index (χ3v) is 4.65. The van der Waals surface area contributed by atoms with Gasteiger partial charge in [-0.25, -0.2) is 0 Å². The van der Waals surface area contributed by atoms with Gasteiger partial charge in [0.25, 0.3) is 0 Å². The maximum Gasteiger partial charge on any atom is 0.233 e. The van der Waals surface area contributed by atoms with Gasteiger partial charge in [0.1, 0.15) is 11.5 Å². The molecule has 0 aromatic carbocycles. The summed E-state index contributed by atoms with van der Waals surface area (Å²) in [7, 11) is 0. The minimum Gasteiger partial charge on any atom is -0.466 e. The molecule has 1 saturated carbocycles. The maximum atomic E-state index is 12.6. The van der Waals surface area contributed by atoms with Crippen LogP contribution in [0, 0.1) is 19.3 Å². The predicted octanol–water partition coefficient (Wildman–Crippen LogP) is 2.92. The van der Waals surface area contributed by atoms with Crippen molar-refractivity contribution < 1.29 is 9.21 Å². The normalized spacial score (nSPS) is 18.8. The second-order valence-corrected chi connectivity index (χ2v) is 6.16. The summed E-state index contributed by atoms with van der Waals surface area (Å²) in [6, 6.07) is 1.86. The van der Waals surface area contributed by atoms with Crippen LogP contribution in [0.25, 0.3) is 0 Å². The summed E-state index contributed by atoms with van der Waals surface area (Å²) in [5.74, 6) is 1.64. The zero-order chi connectivity index (χ0) is 14.9.